The molecule has 9 atom stereocenters. The van der Waals surface area contributed by atoms with E-state index >= 15 is 0 Å². The van der Waals surface area contributed by atoms with Gasteiger partial charge in [-0.15, -0.1) is 0 Å². The Balaban J connectivity index is 1.46. The van der Waals surface area contributed by atoms with Crippen LogP contribution in [-0.2, 0) is 4.79 Å². The van der Waals surface area contributed by atoms with Gasteiger partial charge in [-0.25, -0.2) is 0 Å². The smallest absolute Gasteiger partial charge is 0.132 e. The SMILES string of the molecule is CCC(=O)CCC(C)C1CCC2C1(C)CCC1C3(C)CCC(CCCNC)CC3CCC12C. The van der Waals surface area contributed by atoms with E-state index in [-0.39, 0.29) is 0 Å². The molecule has 4 fully saturated rings. The van der Waals surface area contributed by atoms with Gasteiger partial charge in [0.1, 0.15) is 5.78 Å². The third-order valence-corrected chi connectivity index (χ3v) is 12.4. The summed E-state index contributed by atoms with van der Waals surface area (Å²) in [6.07, 6.45) is 18.7. The molecule has 4 rings (SSSR count). The predicted molar refractivity (Wildman–Crippen MR) is 140 cm³/mol. The topological polar surface area (TPSA) is 29.1 Å². The molecular weight excluding hydrogens is 402 g/mol. The Morgan fingerprint density at radius 3 is 2.36 bits per heavy atom. The Morgan fingerprint density at radius 2 is 1.64 bits per heavy atom. The summed E-state index contributed by atoms with van der Waals surface area (Å²) in [4.78, 5) is 12.0. The van der Waals surface area contributed by atoms with E-state index in [9.17, 15) is 4.79 Å². The van der Waals surface area contributed by atoms with Crippen LogP contribution in [0.2, 0.25) is 0 Å². The Morgan fingerprint density at radius 1 is 0.939 bits per heavy atom. The van der Waals surface area contributed by atoms with Gasteiger partial charge in [-0.2, -0.15) is 0 Å². The van der Waals surface area contributed by atoms with Gasteiger partial charge in [0, 0.05) is 12.8 Å². The first-order chi connectivity index (χ1) is 15.7. The first-order valence-electron chi connectivity index (χ1n) is 14.8. The van der Waals surface area contributed by atoms with Crippen LogP contribution in [0.15, 0.2) is 0 Å². The number of rotatable bonds is 9. The Kier molecular flexibility index (Phi) is 7.75. The minimum atomic E-state index is 0.463. The fourth-order valence-corrected chi connectivity index (χ4v) is 10.6. The highest BCUT2D eigenvalue weighted by Gasteiger charge is 2.65. The minimum absolute atomic E-state index is 0.463. The van der Waals surface area contributed by atoms with E-state index in [0.29, 0.717) is 34.4 Å². The molecule has 0 aromatic carbocycles. The van der Waals surface area contributed by atoms with Crippen molar-refractivity contribution in [2.75, 3.05) is 13.6 Å². The van der Waals surface area contributed by atoms with Crippen molar-refractivity contribution in [3.63, 3.8) is 0 Å². The maximum Gasteiger partial charge on any atom is 0.132 e. The second kappa shape index (κ2) is 9.94. The molecule has 33 heavy (non-hydrogen) atoms. The highest BCUT2D eigenvalue weighted by molar-refractivity contribution is 5.77. The van der Waals surface area contributed by atoms with Gasteiger partial charge in [-0.1, -0.05) is 34.6 Å². The molecule has 0 aliphatic heterocycles. The molecule has 4 aliphatic carbocycles. The molecule has 190 valence electrons. The molecule has 0 spiro atoms. The van der Waals surface area contributed by atoms with Crippen LogP contribution in [0, 0.1) is 51.8 Å². The number of ketones is 1. The average Bonchev–Trinajstić information content (AvgIpc) is 3.16. The van der Waals surface area contributed by atoms with Crippen LogP contribution in [-0.4, -0.2) is 19.4 Å². The van der Waals surface area contributed by atoms with E-state index in [1.165, 1.54) is 77.2 Å². The Hall–Kier alpha value is -0.370. The molecule has 0 heterocycles. The zero-order valence-electron chi connectivity index (χ0n) is 23.0. The van der Waals surface area contributed by atoms with Crippen LogP contribution < -0.4 is 5.32 Å². The summed E-state index contributed by atoms with van der Waals surface area (Å²) in [6.45, 7) is 13.8. The number of fused-ring (bicyclic) bond motifs is 5. The van der Waals surface area contributed by atoms with Gasteiger partial charge in [0.2, 0.25) is 0 Å². The third-order valence-electron chi connectivity index (χ3n) is 12.4. The van der Waals surface area contributed by atoms with E-state index in [1.807, 2.05) is 6.92 Å². The predicted octanol–water partition coefficient (Wildman–Crippen LogP) is 8.05. The first-order valence-corrected chi connectivity index (χ1v) is 14.8. The maximum atomic E-state index is 12.0. The van der Waals surface area contributed by atoms with Crippen molar-refractivity contribution in [2.45, 2.75) is 125 Å². The molecule has 4 saturated carbocycles. The molecule has 0 aromatic rings. The summed E-state index contributed by atoms with van der Waals surface area (Å²) < 4.78 is 0. The van der Waals surface area contributed by atoms with Gasteiger partial charge in [0.25, 0.3) is 0 Å². The molecule has 0 aromatic heterocycles. The van der Waals surface area contributed by atoms with Crippen LogP contribution in [0.1, 0.15) is 125 Å². The molecule has 4 aliphatic rings. The van der Waals surface area contributed by atoms with Crippen LogP contribution in [0.3, 0.4) is 0 Å². The van der Waals surface area contributed by atoms with Gasteiger partial charge in [-0.3, -0.25) is 4.79 Å². The second-order valence-corrected chi connectivity index (χ2v) is 13.9. The zero-order chi connectivity index (χ0) is 23.9. The molecule has 0 radical (unpaired) electrons. The molecule has 2 heteroatoms. The normalized spacial score (nSPS) is 45.7. The van der Waals surface area contributed by atoms with Gasteiger partial charge < -0.3 is 5.32 Å². The molecule has 0 amide bonds. The van der Waals surface area contributed by atoms with Crippen LogP contribution >= 0.6 is 0 Å². The number of nitrogens with one attached hydrogen (secondary N) is 1. The lowest BCUT2D eigenvalue weighted by molar-refractivity contribution is -0.172. The van der Waals surface area contributed by atoms with Gasteiger partial charge in [-0.05, 0) is 142 Å². The number of carbonyl (C=O) groups is 1. The number of hydrogen-bond acceptors (Lipinski definition) is 2. The van der Waals surface area contributed by atoms with Crippen molar-refractivity contribution in [2.24, 2.45) is 51.8 Å². The van der Waals surface area contributed by atoms with Crippen molar-refractivity contribution in [3.8, 4) is 0 Å². The lowest BCUT2D eigenvalue weighted by atomic mass is 9.39. The van der Waals surface area contributed by atoms with E-state index in [0.717, 1.165) is 42.4 Å². The third kappa shape index (κ3) is 4.49. The first kappa shape index (κ1) is 25.7. The van der Waals surface area contributed by atoms with E-state index in [4.69, 9.17) is 0 Å². The molecule has 9 unspecified atom stereocenters. The minimum Gasteiger partial charge on any atom is -0.320 e. The largest absolute Gasteiger partial charge is 0.320 e. The quantitative estimate of drug-likeness (QED) is 0.355. The lowest BCUT2D eigenvalue weighted by Crippen LogP contribution is -2.58. The molecular formula is C31H55NO. The lowest BCUT2D eigenvalue weighted by Gasteiger charge is -2.66. The average molecular weight is 458 g/mol. The maximum absolute atomic E-state index is 12.0. The van der Waals surface area contributed by atoms with E-state index < -0.39 is 0 Å². The summed E-state index contributed by atoms with van der Waals surface area (Å²) in [7, 11) is 2.09. The van der Waals surface area contributed by atoms with Crippen LogP contribution in [0.5, 0.6) is 0 Å². The van der Waals surface area contributed by atoms with Crippen molar-refractivity contribution in [3.05, 3.63) is 0 Å². The summed E-state index contributed by atoms with van der Waals surface area (Å²) in [6, 6.07) is 0. The highest BCUT2D eigenvalue weighted by Crippen LogP contribution is 2.73. The van der Waals surface area contributed by atoms with Crippen molar-refractivity contribution < 1.29 is 4.79 Å². The highest BCUT2D eigenvalue weighted by atomic mass is 16.1. The van der Waals surface area contributed by atoms with Gasteiger partial charge in [0.15, 0.2) is 0 Å². The number of Topliss-reactive ketones (excluding diaryl/α,β-unsaturated/α-hetero) is 1. The zero-order valence-corrected chi connectivity index (χ0v) is 23.0. The standard InChI is InChI=1S/C31H55NO/c1-7-25(33)11-10-22(2)26-12-13-27-30(26,4)19-16-28-29(3)17-14-23(9-8-20-32-6)21-24(29)15-18-31(27,28)5/h22-24,26-28,32H,7-21H2,1-6H3. The molecule has 2 nitrogen and oxygen atoms in total. The van der Waals surface area contributed by atoms with Gasteiger partial charge >= 0.3 is 0 Å². The molecule has 0 bridgehead atoms. The Bertz CT molecular complexity index is 688. The molecule has 1 N–H and O–H groups in total. The van der Waals surface area contributed by atoms with Crippen molar-refractivity contribution in [1.82, 2.24) is 5.32 Å². The van der Waals surface area contributed by atoms with Crippen LogP contribution in [0.4, 0.5) is 0 Å². The number of carbonyl (C=O) groups excluding carboxylic acids is 1. The summed E-state index contributed by atoms with van der Waals surface area (Å²) >= 11 is 0. The van der Waals surface area contributed by atoms with Crippen molar-refractivity contribution >= 4 is 5.78 Å². The summed E-state index contributed by atoms with van der Waals surface area (Å²) in [5.74, 6) is 5.81. The van der Waals surface area contributed by atoms with Crippen molar-refractivity contribution in [1.29, 1.82) is 0 Å². The van der Waals surface area contributed by atoms with Crippen LogP contribution in [0.25, 0.3) is 0 Å². The molecule has 0 saturated heterocycles. The number of hydrogen-bond donors (Lipinski definition) is 1. The van der Waals surface area contributed by atoms with E-state index in [2.05, 4.69) is 40.1 Å². The van der Waals surface area contributed by atoms with E-state index in [1.54, 1.807) is 0 Å². The monoisotopic (exact) mass is 457 g/mol. The summed E-state index contributed by atoms with van der Waals surface area (Å²) in [5, 5.41) is 3.35. The fraction of sp³-hybridized carbons (Fsp3) is 0.968. The summed E-state index contributed by atoms with van der Waals surface area (Å²) in [5.41, 5.74) is 1.64. The Labute approximate surface area is 205 Å². The fourth-order valence-electron chi connectivity index (χ4n) is 10.6. The second-order valence-electron chi connectivity index (χ2n) is 13.9. The van der Waals surface area contributed by atoms with Gasteiger partial charge in [0.05, 0.1) is 0 Å².